The Labute approximate surface area is 134 Å². The molecule has 0 aliphatic rings. The van der Waals surface area contributed by atoms with Gasteiger partial charge in [0.2, 0.25) is 0 Å². The summed E-state index contributed by atoms with van der Waals surface area (Å²) in [6.45, 7) is 0. The Bertz CT molecular complexity index is 719. The molecule has 0 spiro atoms. The van der Waals surface area contributed by atoms with Gasteiger partial charge in [0.15, 0.2) is 12.9 Å². The van der Waals surface area contributed by atoms with Crippen LogP contribution in [0.15, 0.2) is 84.9 Å². The van der Waals surface area contributed by atoms with Gasteiger partial charge in [-0.05, 0) is 36.4 Å². The molecule has 3 aromatic carbocycles. The second-order valence-corrected chi connectivity index (χ2v) is 7.62. The topological polar surface area (TPSA) is 17.1 Å². The third kappa shape index (κ3) is 3.58. The lowest BCUT2D eigenvalue weighted by molar-refractivity contribution is -0.597. The fraction of sp³-hybridized carbons (Fsp3) is 0. The molecule has 2 heteroatoms. The minimum absolute atomic E-state index is 0.0834. The zero-order valence-corrected chi connectivity index (χ0v) is 13.5. The fourth-order valence-electron chi connectivity index (χ4n) is 2.02. The van der Waals surface area contributed by atoms with Crippen molar-refractivity contribution in [1.82, 2.24) is 0 Å². The normalized spacial score (nSPS) is 10.3. The summed E-state index contributed by atoms with van der Waals surface area (Å²) in [5.41, 5.74) is 1.49. The van der Waals surface area contributed by atoms with Gasteiger partial charge in [0.1, 0.15) is 0 Å². The van der Waals surface area contributed by atoms with Crippen molar-refractivity contribution in [2.24, 2.45) is 0 Å². The van der Waals surface area contributed by atoms with E-state index in [-0.39, 0.29) is 27.0 Å². The number of hydrogen-bond acceptors (Lipinski definition) is 1. The fourth-order valence-corrected chi connectivity index (χ4v) is 4.24. The Morgan fingerprint density at radius 3 is 1.67 bits per heavy atom. The number of carbonyl (C=O) groups is 1. The molecule has 3 aromatic rings. The van der Waals surface area contributed by atoms with Gasteiger partial charge in [-0.25, -0.2) is 0 Å². The van der Waals surface area contributed by atoms with E-state index in [9.17, 15) is 4.79 Å². The average molecular weight is 385 g/mol. The van der Waals surface area contributed by atoms with Gasteiger partial charge in [0, 0.05) is 11.1 Å². The number of benzene rings is 3. The Morgan fingerprint density at radius 2 is 1.05 bits per heavy atom. The third-order valence-corrected chi connectivity index (χ3v) is 5.78. The van der Waals surface area contributed by atoms with Gasteiger partial charge in [0.25, 0.3) is 0 Å². The van der Waals surface area contributed by atoms with Crippen LogP contribution in [0, 0.1) is 7.14 Å². The first-order valence-electron chi connectivity index (χ1n) is 6.72. The van der Waals surface area contributed by atoms with Crippen LogP contribution in [0.25, 0.3) is 0 Å². The van der Waals surface area contributed by atoms with Crippen LogP contribution >= 0.6 is 0 Å². The van der Waals surface area contributed by atoms with E-state index in [2.05, 4.69) is 36.4 Å². The molecule has 0 aliphatic heterocycles. The maximum Gasteiger partial charge on any atom is 0.357 e. The standard InChI is InChI=1S/C19H14IO/c21-19(15-7-3-1-4-8-15)16-11-13-18(14-12-16)20-17-9-5-2-6-10-17/h1-14H/q+1. The zero-order chi connectivity index (χ0) is 14.5. The number of rotatable bonds is 4. The highest BCUT2D eigenvalue weighted by molar-refractivity contribution is 6.08. The van der Waals surface area contributed by atoms with Gasteiger partial charge < -0.3 is 0 Å². The molecule has 0 aromatic heterocycles. The maximum absolute atomic E-state index is 12.3. The molecule has 0 saturated carbocycles. The second kappa shape index (κ2) is 6.68. The molecule has 0 heterocycles. The Morgan fingerprint density at radius 1 is 0.571 bits per heavy atom. The average Bonchev–Trinajstić information content (AvgIpc) is 2.57. The predicted molar refractivity (Wildman–Crippen MR) is 80.2 cm³/mol. The highest BCUT2D eigenvalue weighted by Gasteiger charge is 2.16. The van der Waals surface area contributed by atoms with Crippen molar-refractivity contribution < 1.29 is 26.0 Å². The molecule has 3 rings (SSSR count). The summed E-state index contributed by atoms with van der Waals surface area (Å²) in [5, 5.41) is 0. The molecule has 0 bridgehead atoms. The summed E-state index contributed by atoms with van der Waals surface area (Å²) in [5.74, 6) is 0.0834. The lowest BCUT2D eigenvalue weighted by atomic mass is 10.0. The lowest BCUT2D eigenvalue weighted by Crippen LogP contribution is -3.61. The molecule has 0 amide bonds. The van der Waals surface area contributed by atoms with Gasteiger partial charge in [-0.1, -0.05) is 48.5 Å². The summed E-state index contributed by atoms with van der Waals surface area (Å²) in [6.07, 6.45) is 0. The molecule has 0 radical (unpaired) electrons. The predicted octanol–water partition coefficient (Wildman–Crippen LogP) is 1.05. The van der Waals surface area contributed by atoms with E-state index in [1.165, 1.54) is 7.14 Å². The van der Waals surface area contributed by atoms with Crippen LogP contribution in [0.2, 0.25) is 0 Å². The molecule has 102 valence electrons. The molecule has 0 N–H and O–H groups in total. The van der Waals surface area contributed by atoms with Gasteiger partial charge in [-0.15, -0.1) is 0 Å². The van der Waals surface area contributed by atoms with E-state index < -0.39 is 0 Å². The first kappa shape index (κ1) is 14.0. The molecule has 0 atom stereocenters. The number of halogens is 1. The summed E-state index contributed by atoms with van der Waals surface area (Å²) >= 11 is -0.170. The Hall–Kier alpha value is -1.94. The summed E-state index contributed by atoms with van der Waals surface area (Å²) in [7, 11) is 0. The van der Waals surface area contributed by atoms with Crippen molar-refractivity contribution in [3.8, 4) is 0 Å². The molecule has 1 nitrogen and oxygen atoms in total. The molecular formula is C19H14IO+. The maximum atomic E-state index is 12.3. The van der Waals surface area contributed by atoms with Crippen LogP contribution in [-0.2, 0) is 0 Å². The van der Waals surface area contributed by atoms with Crippen molar-refractivity contribution in [3.63, 3.8) is 0 Å². The van der Waals surface area contributed by atoms with E-state index in [0.717, 1.165) is 11.1 Å². The smallest absolute Gasteiger partial charge is 0.289 e. The highest BCUT2D eigenvalue weighted by Crippen LogP contribution is 2.08. The van der Waals surface area contributed by atoms with Crippen molar-refractivity contribution in [2.75, 3.05) is 0 Å². The Kier molecular flexibility index (Phi) is 4.46. The van der Waals surface area contributed by atoms with Gasteiger partial charge in [-0.3, -0.25) is 4.79 Å². The van der Waals surface area contributed by atoms with E-state index in [4.69, 9.17) is 0 Å². The van der Waals surface area contributed by atoms with Crippen LogP contribution in [0.3, 0.4) is 0 Å². The van der Waals surface area contributed by atoms with Crippen LogP contribution < -0.4 is 21.2 Å². The van der Waals surface area contributed by atoms with Crippen molar-refractivity contribution >= 4 is 5.78 Å². The molecule has 0 fully saturated rings. The van der Waals surface area contributed by atoms with Crippen molar-refractivity contribution in [3.05, 3.63) is 103 Å². The number of carbonyl (C=O) groups excluding carboxylic acids is 1. The van der Waals surface area contributed by atoms with E-state index in [1.807, 2.05) is 48.5 Å². The monoisotopic (exact) mass is 385 g/mol. The summed E-state index contributed by atoms with van der Waals surface area (Å²) < 4.78 is 2.71. The molecular weight excluding hydrogens is 371 g/mol. The highest BCUT2D eigenvalue weighted by atomic mass is 127. The SMILES string of the molecule is O=C(c1ccccc1)c1ccc([I+]c2ccccc2)cc1. The van der Waals surface area contributed by atoms with Crippen LogP contribution in [0.1, 0.15) is 15.9 Å². The molecule has 21 heavy (non-hydrogen) atoms. The third-order valence-electron chi connectivity index (χ3n) is 3.09. The van der Waals surface area contributed by atoms with Crippen molar-refractivity contribution in [1.29, 1.82) is 0 Å². The minimum atomic E-state index is -0.170. The second-order valence-electron chi connectivity index (χ2n) is 4.59. The number of ketones is 1. The van der Waals surface area contributed by atoms with Gasteiger partial charge >= 0.3 is 21.2 Å². The van der Waals surface area contributed by atoms with Gasteiger partial charge in [-0.2, -0.15) is 0 Å². The van der Waals surface area contributed by atoms with Crippen molar-refractivity contribution in [2.45, 2.75) is 0 Å². The summed E-state index contributed by atoms with van der Waals surface area (Å²) in [4.78, 5) is 12.3. The first-order valence-corrected chi connectivity index (χ1v) is 8.88. The van der Waals surface area contributed by atoms with Crippen LogP contribution in [-0.4, -0.2) is 5.78 Å². The Balaban J connectivity index is 1.77. The molecule has 0 unspecified atom stereocenters. The van der Waals surface area contributed by atoms with Crippen LogP contribution in [0.4, 0.5) is 0 Å². The van der Waals surface area contributed by atoms with Crippen LogP contribution in [0.5, 0.6) is 0 Å². The summed E-state index contributed by atoms with van der Waals surface area (Å²) in [6, 6.07) is 28.0. The largest absolute Gasteiger partial charge is 0.357 e. The zero-order valence-electron chi connectivity index (χ0n) is 11.4. The van der Waals surface area contributed by atoms with E-state index in [1.54, 1.807) is 0 Å². The quantitative estimate of drug-likeness (QED) is 0.485. The number of hydrogen-bond donors (Lipinski definition) is 0. The lowest BCUT2D eigenvalue weighted by Gasteiger charge is -1.99. The van der Waals surface area contributed by atoms with E-state index >= 15 is 0 Å². The first-order chi connectivity index (χ1) is 10.3. The minimum Gasteiger partial charge on any atom is -0.289 e. The molecule has 0 aliphatic carbocycles. The van der Waals surface area contributed by atoms with E-state index in [0.29, 0.717) is 0 Å². The van der Waals surface area contributed by atoms with Gasteiger partial charge in [0.05, 0.1) is 0 Å². The molecule has 0 saturated heterocycles.